The number of esters is 1. The lowest BCUT2D eigenvalue weighted by Crippen LogP contribution is -2.62. The Balaban J connectivity index is 1.45. The summed E-state index contributed by atoms with van der Waals surface area (Å²) in [4.78, 5) is 13.5. The molecule has 0 N–H and O–H groups in total. The standard InChI is InChI=1S/C39H42O7/c1-2-3-16-25-42-39-37(46-38(40)33-23-14-7-15-24-33)36(44-28-32-21-12-6-13-22-32)35(43-27-31-19-10-5-11-20-31)34(45-39)29-41-26-30-17-8-4-9-18-30/h2,4-15,17-24,34-37,39H,1,3,16,25-29H2/t34-,35-,36+,37-,39-/m1/s1. The second-order valence-corrected chi connectivity index (χ2v) is 11.1. The van der Waals surface area contributed by atoms with E-state index >= 15 is 0 Å². The molecule has 240 valence electrons. The minimum absolute atomic E-state index is 0.214. The summed E-state index contributed by atoms with van der Waals surface area (Å²) in [7, 11) is 0. The number of unbranched alkanes of at least 4 members (excludes halogenated alkanes) is 1. The van der Waals surface area contributed by atoms with Crippen molar-refractivity contribution in [1.29, 1.82) is 0 Å². The van der Waals surface area contributed by atoms with Crippen LogP contribution in [0.4, 0.5) is 0 Å². The third kappa shape index (κ3) is 9.94. The maximum atomic E-state index is 13.5. The smallest absolute Gasteiger partial charge is 0.338 e. The molecule has 5 rings (SSSR count). The zero-order valence-electron chi connectivity index (χ0n) is 26.0. The molecule has 46 heavy (non-hydrogen) atoms. The molecule has 0 radical (unpaired) electrons. The van der Waals surface area contributed by atoms with Gasteiger partial charge in [0, 0.05) is 0 Å². The normalized spacial score (nSPS) is 21.0. The molecule has 4 aromatic rings. The van der Waals surface area contributed by atoms with Gasteiger partial charge in [-0.2, -0.15) is 0 Å². The Morgan fingerprint density at radius 3 is 1.74 bits per heavy atom. The van der Waals surface area contributed by atoms with E-state index < -0.39 is 36.7 Å². The van der Waals surface area contributed by atoms with Crippen LogP contribution in [0.3, 0.4) is 0 Å². The number of hydrogen-bond acceptors (Lipinski definition) is 7. The third-order valence-corrected chi connectivity index (χ3v) is 7.64. The van der Waals surface area contributed by atoms with Crippen molar-refractivity contribution in [2.75, 3.05) is 13.2 Å². The van der Waals surface area contributed by atoms with E-state index in [0.29, 0.717) is 25.4 Å². The molecule has 0 saturated carbocycles. The first-order valence-electron chi connectivity index (χ1n) is 15.8. The molecule has 0 amide bonds. The molecule has 0 bridgehead atoms. The van der Waals surface area contributed by atoms with Gasteiger partial charge in [-0.05, 0) is 41.7 Å². The zero-order valence-corrected chi connectivity index (χ0v) is 26.0. The summed E-state index contributed by atoms with van der Waals surface area (Å²) in [5.41, 5.74) is 3.44. The monoisotopic (exact) mass is 622 g/mol. The first kappa shape index (κ1) is 33.3. The van der Waals surface area contributed by atoms with Gasteiger partial charge in [0.15, 0.2) is 12.4 Å². The lowest BCUT2D eigenvalue weighted by Gasteiger charge is -2.45. The summed E-state index contributed by atoms with van der Waals surface area (Å²) in [6.07, 6.45) is -0.447. The number of ether oxygens (including phenoxy) is 6. The van der Waals surface area contributed by atoms with Crippen LogP contribution in [0.15, 0.2) is 134 Å². The Hall–Kier alpha value is -4.11. The molecule has 1 aliphatic heterocycles. The SMILES string of the molecule is C=CCCCO[C@@H]1O[C@H](COCc2ccccc2)[C@@H](OCc2ccccc2)[C@H](OCc2ccccc2)[C@H]1OC(=O)c1ccccc1. The van der Waals surface area contributed by atoms with Gasteiger partial charge in [-0.25, -0.2) is 4.79 Å². The van der Waals surface area contributed by atoms with Crippen LogP contribution in [0.25, 0.3) is 0 Å². The predicted octanol–water partition coefficient (Wildman–Crippen LogP) is 7.31. The second-order valence-electron chi connectivity index (χ2n) is 11.1. The summed E-state index contributed by atoms with van der Waals surface area (Å²) in [6, 6.07) is 38.6. The van der Waals surface area contributed by atoms with Gasteiger partial charge in [-0.1, -0.05) is 115 Å². The van der Waals surface area contributed by atoms with E-state index in [-0.39, 0.29) is 13.2 Å². The van der Waals surface area contributed by atoms with E-state index in [9.17, 15) is 4.79 Å². The van der Waals surface area contributed by atoms with Gasteiger partial charge in [0.1, 0.15) is 18.3 Å². The van der Waals surface area contributed by atoms with Crippen molar-refractivity contribution in [3.63, 3.8) is 0 Å². The molecule has 1 aliphatic rings. The summed E-state index contributed by atoms with van der Waals surface area (Å²) < 4.78 is 38.5. The first-order chi connectivity index (χ1) is 22.7. The van der Waals surface area contributed by atoms with Crippen LogP contribution in [-0.2, 0) is 48.2 Å². The largest absolute Gasteiger partial charge is 0.450 e. The van der Waals surface area contributed by atoms with Crippen molar-refractivity contribution in [2.45, 2.75) is 63.4 Å². The molecule has 1 fully saturated rings. The molecule has 0 unspecified atom stereocenters. The quantitative estimate of drug-likeness (QED) is 0.0695. The van der Waals surface area contributed by atoms with Crippen molar-refractivity contribution >= 4 is 5.97 Å². The number of hydrogen-bond donors (Lipinski definition) is 0. The Morgan fingerprint density at radius 2 is 1.17 bits per heavy atom. The maximum absolute atomic E-state index is 13.5. The van der Waals surface area contributed by atoms with Crippen molar-refractivity contribution in [1.82, 2.24) is 0 Å². The average molecular weight is 623 g/mol. The molecular weight excluding hydrogens is 580 g/mol. The molecule has 1 saturated heterocycles. The fourth-order valence-electron chi connectivity index (χ4n) is 5.26. The van der Waals surface area contributed by atoms with Gasteiger partial charge in [0.05, 0.1) is 38.6 Å². The van der Waals surface area contributed by atoms with Crippen molar-refractivity contribution in [3.8, 4) is 0 Å². The third-order valence-electron chi connectivity index (χ3n) is 7.64. The van der Waals surface area contributed by atoms with Gasteiger partial charge < -0.3 is 28.4 Å². The van der Waals surface area contributed by atoms with Crippen LogP contribution in [0, 0.1) is 0 Å². The number of carbonyl (C=O) groups is 1. The molecule has 7 heteroatoms. The van der Waals surface area contributed by atoms with Crippen LogP contribution in [0.1, 0.15) is 39.9 Å². The van der Waals surface area contributed by atoms with Gasteiger partial charge in [0.2, 0.25) is 0 Å². The van der Waals surface area contributed by atoms with E-state index in [1.165, 1.54) is 0 Å². The summed E-state index contributed by atoms with van der Waals surface area (Å²) >= 11 is 0. The minimum atomic E-state index is -0.925. The molecular formula is C39H42O7. The van der Waals surface area contributed by atoms with Crippen LogP contribution in [0.5, 0.6) is 0 Å². The second kappa shape index (κ2) is 18.1. The van der Waals surface area contributed by atoms with Crippen LogP contribution < -0.4 is 0 Å². The maximum Gasteiger partial charge on any atom is 0.338 e. The predicted molar refractivity (Wildman–Crippen MR) is 176 cm³/mol. The number of allylic oxidation sites excluding steroid dienone is 1. The molecule has 1 heterocycles. The fraction of sp³-hybridized carbons (Fsp3) is 0.308. The van der Waals surface area contributed by atoms with E-state index in [4.69, 9.17) is 28.4 Å². The van der Waals surface area contributed by atoms with Crippen LogP contribution in [-0.4, -0.2) is 49.9 Å². The minimum Gasteiger partial charge on any atom is -0.450 e. The highest BCUT2D eigenvalue weighted by Gasteiger charge is 2.50. The van der Waals surface area contributed by atoms with Gasteiger partial charge in [-0.3, -0.25) is 0 Å². The first-order valence-corrected chi connectivity index (χ1v) is 15.8. The molecule has 4 aromatic carbocycles. The van der Waals surface area contributed by atoms with E-state index in [1.807, 2.05) is 103 Å². The Labute approximate surface area is 271 Å². The van der Waals surface area contributed by atoms with E-state index in [0.717, 1.165) is 29.5 Å². The van der Waals surface area contributed by atoms with Crippen molar-refractivity contribution in [2.24, 2.45) is 0 Å². The van der Waals surface area contributed by atoms with E-state index in [2.05, 4.69) is 6.58 Å². The Bertz CT molecular complexity index is 1430. The van der Waals surface area contributed by atoms with Gasteiger partial charge in [-0.15, -0.1) is 6.58 Å². The highest BCUT2D eigenvalue weighted by molar-refractivity contribution is 5.89. The summed E-state index contributed by atoms with van der Waals surface area (Å²) in [5.74, 6) is -0.497. The van der Waals surface area contributed by atoms with Crippen molar-refractivity contribution in [3.05, 3.63) is 156 Å². The van der Waals surface area contributed by atoms with Crippen LogP contribution in [0.2, 0.25) is 0 Å². The summed E-state index contributed by atoms with van der Waals surface area (Å²) in [5, 5.41) is 0. The Kier molecular flexibility index (Phi) is 13.1. The number of carbonyl (C=O) groups excluding carboxylic acids is 1. The highest BCUT2D eigenvalue weighted by atomic mass is 16.7. The highest BCUT2D eigenvalue weighted by Crippen LogP contribution is 2.32. The Morgan fingerprint density at radius 1 is 0.652 bits per heavy atom. The zero-order chi connectivity index (χ0) is 31.8. The molecule has 5 atom stereocenters. The molecule has 0 aromatic heterocycles. The number of benzene rings is 4. The lowest BCUT2D eigenvalue weighted by molar-refractivity contribution is -0.317. The molecule has 0 spiro atoms. The van der Waals surface area contributed by atoms with Gasteiger partial charge >= 0.3 is 5.97 Å². The van der Waals surface area contributed by atoms with E-state index in [1.54, 1.807) is 24.3 Å². The van der Waals surface area contributed by atoms with Crippen LogP contribution >= 0.6 is 0 Å². The topological polar surface area (TPSA) is 72.5 Å². The number of rotatable bonds is 17. The van der Waals surface area contributed by atoms with Gasteiger partial charge in [0.25, 0.3) is 0 Å². The average Bonchev–Trinajstić information content (AvgIpc) is 3.11. The molecule has 7 nitrogen and oxygen atoms in total. The summed E-state index contributed by atoms with van der Waals surface area (Å²) in [6.45, 7) is 5.39. The van der Waals surface area contributed by atoms with Crippen molar-refractivity contribution < 1.29 is 33.2 Å². The molecule has 0 aliphatic carbocycles. The fourth-order valence-corrected chi connectivity index (χ4v) is 5.26. The lowest BCUT2D eigenvalue weighted by atomic mass is 9.97.